The lowest BCUT2D eigenvalue weighted by Gasteiger charge is -2.16. The Morgan fingerprint density at radius 3 is 2.16 bits per heavy atom. The molecule has 0 radical (unpaired) electrons. The number of hydrogen-bond donors (Lipinski definition) is 0. The fourth-order valence-corrected chi connectivity index (χ4v) is 6.18. The van der Waals surface area contributed by atoms with Crippen molar-refractivity contribution >= 4 is 20.9 Å². The molecule has 212 valence electrons. The van der Waals surface area contributed by atoms with Crippen LogP contribution in [-0.2, 0) is 22.6 Å². The van der Waals surface area contributed by atoms with Crippen LogP contribution in [0.3, 0.4) is 0 Å². The van der Waals surface area contributed by atoms with E-state index in [0.717, 1.165) is 26.7 Å². The van der Waals surface area contributed by atoms with Gasteiger partial charge in [-0.15, -0.1) is 0 Å². The third-order valence-corrected chi connectivity index (χ3v) is 8.69. The lowest BCUT2D eigenvalue weighted by atomic mass is 9.91. The van der Waals surface area contributed by atoms with Crippen LogP contribution >= 0.6 is 0 Å². The molecule has 0 atom stereocenters. The summed E-state index contributed by atoms with van der Waals surface area (Å²) in [7, 11) is -3.68. The van der Waals surface area contributed by atoms with Crippen molar-refractivity contribution in [2.75, 3.05) is 0 Å². The lowest BCUT2D eigenvalue weighted by molar-refractivity contribution is -0.136. The first-order valence-electron chi connectivity index (χ1n) is 13.3. The van der Waals surface area contributed by atoms with Crippen LogP contribution in [0.2, 0.25) is 0 Å². The van der Waals surface area contributed by atoms with Gasteiger partial charge in [-0.3, -0.25) is 4.98 Å². The number of benzene rings is 4. The van der Waals surface area contributed by atoms with Crippen molar-refractivity contribution < 1.29 is 21.6 Å². The molecule has 0 bridgehead atoms. The molecule has 6 aromatic rings. The number of nitrogens with zero attached hydrogens (tertiary/aromatic N) is 2. The minimum Gasteiger partial charge on any atom is -0.255 e. The molecule has 0 N–H and O–H groups in total. The molecule has 0 aliphatic heterocycles. The van der Waals surface area contributed by atoms with E-state index in [0.29, 0.717) is 28.5 Å². The molecular weight excluding hydrogens is 569 g/mol. The van der Waals surface area contributed by atoms with Crippen LogP contribution in [-0.4, -0.2) is 17.4 Å². The molecule has 43 heavy (non-hydrogen) atoms. The number of para-hydroxylation sites is 1. The Labute approximate surface area is 247 Å². The Morgan fingerprint density at radius 2 is 1.44 bits per heavy atom. The van der Waals surface area contributed by atoms with Crippen molar-refractivity contribution in [3.63, 3.8) is 0 Å². The SMILES string of the molecule is O=S(=O)(c1ccc(C#Cc2cccc(-c3c(Cc4ccccc4)cnc4c(C(F)(F)F)cccc34)c2)cc1)n1cccc1. The van der Waals surface area contributed by atoms with Gasteiger partial charge in [0.05, 0.1) is 16.0 Å². The Balaban J connectivity index is 1.40. The highest BCUT2D eigenvalue weighted by Crippen LogP contribution is 2.39. The van der Waals surface area contributed by atoms with E-state index in [4.69, 9.17) is 0 Å². The minimum atomic E-state index is -4.55. The maximum Gasteiger partial charge on any atom is 0.418 e. The van der Waals surface area contributed by atoms with E-state index in [1.165, 1.54) is 36.8 Å². The summed E-state index contributed by atoms with van der Waals surface area (Å²) in [5.74, 6) is 6.17. The first-order valence-corrected chi connectivity index (χ1v) is 14.8. The van der Waals surface area contributed by atoms with E-state index < -0.39 is 21.8 Å². The molecule has 0 aliphatic rings. The quantitative estimate of drug-likeness (QED) is 0.191. The second kappa shape index (κ2) is 11.3. The van der Waals surface area contributed by atoms with Gasteiger partial charge in [-0.05, 0) is 83.3 Å². The monoisotopic (exact) mass is 592 g/mol. The molecule has 0 amide bonds. The van der Waals surface area contributed by atoms with Gasteiger partial charge in [0.25, 0.3) is 10.0 Å². The number of fused-ring (bicyclic) bond motifs is 1. The summed E-state index contributed by atoms with van der Waals surface area (Å²) in [4.78, 5) is 4.42. The molecule has 0 unspecified atom stereocenters. The van der Waals surface area contributed by atoms with E-state index in [9.17, 15) is 21.6 Å². The summed E-state index contributed by atoms with van der Waals surface area (Å²) in [6.07, 6.45) is 0.411. The van der Waals surface area contributed by atoms with E-state index in [1.807, 2.05) is 54.6 Å². The van der Waals surface area contributed by atoms with Crippen molar-refractivity contribution in [2.45, 2.75) is 17.5 Å². The molecule has 0 saturated heterocycles. The predicted octanol–water partition coefficient (Wildman–Crippen LogP) is 7.95. The highest BCUT2D eigenvalue weighted by atomic mass is 32.2. The third kappa shape index (κ3) is 5.81. The zero-order chi connectivity index (χ0) is 30.0. The molecular formula is C35H23F3N2O2S. The normalized spacial score (nSPS) is 11.7. The zero-order valence-corrected chi connectivity index (χ0v) is 23.4. The van der Waals surface area contributed by atoms with Crippen LogP contribution in [0.5, 0.6) is 0 Å². The second-order valence-electron chi connectivity index (χ2n) is 9.89. The van der Waals surface area contributed by atoms with Gasteiger partial charge >= 0.3 is 6.18 Å². The number of rotatable bonds is 5. The number of halogens is 3. The number of pyridine rings is 1. The van der Waals surface area contributed by atoms with Gasteiger partial charge in [-0.1, -0.05) is 66.4 Å². The number of aromatic nitrogens is 2. The average molecular weight is 593 g/mol. The van der Waals surface area contributed by atoms with E-state index in [1.54, 1.807) is 30.3 Å². The first kappa shape index (κ1) is 28.0. The van der Waals surface area contributed by atoms with Crippen molar-refractivity contribution in [2.24, 2.45) is 0 Å². The summed E-state index contributed by atoms with van der Waals surface area (Å²) in [6, 6.07) is 30.7. The molecule has 2 heterocycles. The topological polar surface area (TPSA) is 52.0 Å². The number of hydrogen-bond acceptors (Lipinski definition) is 3. The smallest absolute Gasteiger partial charge is 0.255 e. The maximum atomic E-state index is 13.9. The average Bonchev–Trinajstić information content (AvgIpc) is 3.56. The standard InChI is InChI=1S/C35H23F3N2O2S/c36-35(37,38)32-13-7-12-31-33(29(24-39-34(31)32)23-26-8-2-1-3-9-26)28-11-6-10-27(22-28)15-14-25-16-18-30(19-17-25)43(41,42)40-20-4-5-21-40/h1-13,16-22,24H,23H2. The molecule has 4 nitrogen and oxygen atoms in total. The fourth-order valence-electron chi connectivity index (χ4n) is 4.99. The summed E-state index contributed by atoms with van der Waals surface area (Å²) in [5, 5.41) is 0.410. The van der Waals surface area contributed by atoms with Gasteiger partial charge in [0.1, 0.15) is 0 Å². The molecule has 0 aliphatic carbocycles. The van der Waals surface area contributed by atoms with Crippen molar-refractivity contribution in [1.82, 2.24) is 8.96 Å². The van der Waals surface area contributed by atoms with Gasteiger partial charge in [-0.2, -0.15) is 13.2 Å². The minimum absolute atomic E-state index is 0.103. The van der Waals surface area contributed by atoms with Crippen molar-refractivity contribution in [1.29, 1.82) is 0 Å². The Morgan fingerprint density at radius 1 is 0.744 bits per heavy atom. The van der Waals surface area contributed by atoms with Gasteiger partial charge in [0.2, 0.25) is 0 Å². The van der Waals surface area contributed by atoms with Gasteiger partial charge in [0, 0.05) is 35.1 Å². The molecule has 8 heteroatoms. The fraction of sp³-hybridized carbons (Fsp3) is 0.0571. The molecule has 6 rings (SSSR count). The Kier molecular flexibility index (Phi) is 7.34. The summed E-state index contributed by atoms with van der Waals surface area (Å²) in [6.45, 7) is 0. The molecule has 4 aromatic carbocycles. The molecule has 0 spiro atoms. The predicted molar refractivity (Wildman–Crippen MR) is 161 cm³/mol. The Hall–Kier alpha value is -5.13. The van der Waals surface area contributed by atoms with Crippen LogP contribution in [0.25, 0.3) is 22.0 Å². The molecule has 0 fully saturated rings. The van der Waals surface area contributed by atoms with Gasteiger partial charge < -0.3 is 0 Å². The molecule has 0 saturated carbocycles. The van der Waals surface area contributed by atoms with E-state index >= 15 is 0 Å². The van der Waals surface area contributed by atoms with Crippen LogP contribution < -0.4 is 0 Å². The van der Waals surface area contributed by atoms with Gasteiger partial charge in [0.15, 0.2) is 0 Å². The summed E-state index contributed by atoms with van der Waals surface area (Å²) in [5.41, 5.74) is 3.58. The highest BCUT2D eigenvalue weighted by molar-refractivity contribution is 7.90. The van der Waals surface area contributed by atoms with Crippen LogP contribution in [0.1, 0.15) is 27.8 Å². The zero-order valence-electron chi connectivity index (χ0n) is 22.6. The van der Waals surface area contributed by atoms with Crippen LogP contribution in [0.15, 0.2) is 133 Å². The van der Waals surface area contributed by atoms with Crippen LogP contribution in [0.4, 0.5) is 13.2 Å². The molecule has 2 aromatic heterocycles. The van der Waals surface area contributed by atoms with E-state index in [2.05, 4.69) is 16.8 Å². The summed E-state index contributed by atoms with van der Waals surface area (Å²) < 4.78 is 68.3. The van der Waals surface area contributed by atoms with Crippen LogP contribution in [0, 0.1) is 11.8 Å². The maximum absolute atomic E-state index is 13.9. The summed E-state index contributed by atoms with van der Waals surface area (Å²) >= 11 is 0. The number of alkyl halides is 3. The van der Waals surface area contributed by atoms with E-state index in [-0.39, 0.29) is 10.4 Å². The Bertz CT molecular complexity index is 2090. The van der Waals surface area contributed by atoms with Gasteiger partial charge in [-0.25, -0.2) is 12.4 Å². The first-order chi connectivity index (χ1) is 20.7. The second-order valence-corrected chi connectivity index (χ2v) is 11.7. The highest BCUT2D eigenvalue weighted by Gasteiger charge is 2.33. The van der Waals surface area contributed by atoms with Crippen molar-refractivity contribution in [3.8, 4) is 23.0 Å². The largest absolute Gasteiger partial charge is 0.418 e. The third-order valence-electron chi connectivity index (χ3n) is 7.03. The lowest BCUT2D eigenvalue weighted by Crippen LogP contribution is -2.10. The van der Waals surface area contributed by atoms with Crippen molar-refractivity contribution in [3.05, 3.63) is 156 Å².